The molecule has 2 atom stereocenters. The van der Waals surface area contributed by atoms with Gasteiger partial charge in [-0.1, -0.05) is 30.3 Å². The highest BCUT2D eigenvalue weighted by molar-refractivity contribution is 5.71. The van der Waals surface area contributed by atoms with E-state index < -0.39 is 12.1 Å². The van der Waals surface area contributed by atoms with Crippen molar-refractivity contribution in [1.29, 1.82) is 0 Å². The molecule has 0 aromatic heterocycles. The Hall–Kier alpha value is -3.75. The summed E-state index contributed by atoms with van der Waals surface area (Å²) in [6.45, 7) is 5.37. The molecule has 198 valence electrons. The fourth-order valence-electron chi connectivity index (χ4n) is 3.22. The molecule has 37 heavy (non-hydrogen) atoms. The van der Waals surface area contributed by atoms with Crippen LogP contribution in [-0.2, 0) is 16.1 Å². The van der Waals surface area contributed by atoms with Gasteiger partial charge in [-0.05, 0) is 67.9 Å². The number of aliphatic hydroxyl groups excluding tert-OH is 1. The summed E-state index contributed by atoms with van der Waals surface area (Å²) in [6.07, 6.45) is -0.674. The molecule has 0 aliphatic carbocycles. The Morgan fingerprint density at radius 3 is 1.92 bits per heavy atom. The largest absolute Gasteiger partial charge is 0.492 e. The van der Waals surface area contributed by atoms with Gasteiger partial charge in [-0.15, -0.1) is 0 Å². The number of ether oxygens (including phenoxy) is 5. The minimum absolute atomic E-state index is 0.00966. The van der Waals surface area contributed by atoms with Gasteiger partial charge in [0.25, 0.3) is 0 Å². The Morgan fingerprint density at radius 1 is 0.784 bits per heavy atom. The number of carbonyl (C=O) groups excluding carboxylic acids is 1. The predicted octanol–water partition coefficient (Wildman–Crippen LogP) is 4.00. The molecule has 0 radical (unpaired) electrons. The van der Waals surface area contributed by atoms with E-state index in [1.807, 2.05) is 61.5 Å². The van der Waals surface area contributed by atoms with Crippen molar-refractivity contribution in [2.75, 3.05) is 33.0 Å². The fraction of sp³-hybridized carbons (Fsp3) is 0.345. The van der Waals surface area contributed by atoms with Crippen LogP contribution < -0.4 is 24.3 Å². The van der Waals surface area contributed by atoms with Crippen molar-refractivity contribution in [2.24, 2.45) is 0 Å². The van der Waals surface area contributed by atoms with E-state index in [1.54, 1.807) is 31.2 Å². The molecule has 2 unspecified atom stereocenters. The first kappa shape index (κ1) is 27.8. The third kappa shape index (κ3) is 10.8. The van der Waals surface area contributed by atoms with Crippen LogP contribution in [0, 0.1) is 0 Å². The lowest BCUT2D eigenvalue weighted by Crippen LogP contribution is -2.39. The quantitative estimate of drug-likeness (QED) is 0.280. The lowest BCUT2D eigenvalue weighted by atomic mass is 10.2. The van der Waals surface area contributed by atoms with Gasteiger partial charge in [-0.2, -0.15) is 0 Å². The summed E-state index contributed by atoms with van der Waals surface area (Å²) in [6, 6.07) is 24.3. The normalized spacial score (nSPS) is 12.3. The first-order chi connectivity index (χ1) is 18.0. The van der Waals surface area contributed by atoms with Crippen molar-refractivity contribution >= 4 is 5.97 Å². The van der Waals surface area contributed by atoms with E-state index in [4.69, 9.17) is 23.7 Å². The first-order valence-electron chi connectivity index (χ1n) is 12.3. The number of esters is 1. The van der Waals surface area contributed by atoms with Crippen LogP contribution in [-0.4, -0.2) is 56.2 Å². The predicted molar refractivity (Wildman–Crippen MR) is 140 cm³/mol. The smallest absolute Gasteiger partial charge is 0.344 e. The van der Waals surface area contributed by atoms with Crippen LogP contribution in [0.1, 0.15) is 19.4 Å². The van der Waals surface area contributed by atoms with Crippen molar-refractivity contribution in [1.82, 2.24) is 5.32 Å². The van der Waals surface area contributed by atoms with Crippen molar-refractivity contribution in [3.63, 3.8) is 0 Å². The monoisotopic (exact) mass is 509 g/mol. The zero-order chi connectivity index (χ0) is 26.3. The highest BCUT2D eigenvalue weighted by Gasteiger charge is 2.10. The number of hydrogen-bond acceptors (Lipinski definition) is 8. The average molecular weight is 510 g/mol. The Kier molecular flexibility index (Phi) is 11.6. The Labute approximate surface area is 218 Å². The fourth-order valence-corrected chi connectivity index (χ4v) is 3.22. The zero-order valence-electron chi connectivity index (χ0n) is 21.3. The summed E-state index contributed by atoms with van der Waals surface area (Å²) in [4.78, 5) is 11.3. The topological polar surface area (TPSA) is 95.5 Å². The van der Waals surface area contributed by atoms with Gasteiger partial charge in [0.15, 0.2) is 6.61 Å². The van der Waals surface area contributed by atoms with Crippen LogP contribution in [0.25, 0.3) is 0 Å². The van der Waals surface area contributed by atoms with Gasteiger partial charge in [0.2, 0.25) is 0 Å². The molecule has 0 spiro atoms. The molecule has 0 heterocycles. The van der Waals surface area contributed by atoms with Gasteiger partial charge in [0.1, 0.15) is 48.9 Å². The van der Waals surface area contributed by atoms with Gasteiger partial charge < -0.3 is 34.1 Å². The molecule has 0 saturated carbocycles. The van der Waals surface area contributed by atoms with E-state index >= 15 is 0 Å². The molecule has 0 fully saturated rings. The lowest BCUT2D eigenvalue weighted by Gasteiger charge is -2.18. The first-order valence-corrected chi connectivity index (χ1v) is 12.3. The second kappa shape index (κ2) is 15.4. The Balaban J connectivity index is 1.28. The zero-order valence-corrected chi connectivity index (χ0v) is 21.3. The summed E-state index contributed by atoms with van der Waals surface area (Å²) in [5.41, 5.74) is 1.11. The van der Waals surface area contributed by atoms with Crippen molar-refractivity contribution in [3.8, 4) is 23.0 Å². The summed E-state index contributed by atoms with van der Waals surface area (Å²) in [5.74, 6) is 2.25. The van der Waals surface area contributed by atoms with Crippen molar-refractivity contribution < 1.29 is 33.6 Å². The Morgan fingerprint density at radius 2 is 1.32 bits per heavy atom. The third-order valence-corrected chi connectivity index (χ3v) is 5.20. The highest BCUT2D eigenvalue weighted by Crippen LogP contribution is 2.19. The number of hydrogen-bond donors (Lipinski definition) is 2. The molecule has 3 rings (SSSR count). The summed E-state index contributed by atoms with van der Waals surface area (Å²) in [5, 5.41) is 13.5. The number of rotatable bonds is 16. The molecule has 2 N–H and O–H groups in total. The Bertz CT molecular complexity index is 1040. The second-order valence-electron chi connectivity index (χ2n) is 8.40. The van der Waals surface area contributed by atoms with E-state index in [2.05, 4.69) is 5.32 Å². The van der Waals surface area contributed by atoms with Crippen molar-refractivity contribution in [3.05, 3.63) is 84.4 Å². The van der Waals surface area contributed by atoms with E-state index in [-0.39, 0.29) is 19.3 Å². The summed E-state index contributed by atoms with van der Waals surface area (Å²) >= 11 is 0. The molecule has 0 saturated heterocycles. The van der Waals surface area contributed by atoms with E-state index in [9.17, 15) is 9.90 Å². The molecule has 8 heteroatoms. The maximum absolute atomic E-state index is 11.3. The molecule has 0 aliphatic heterocycles. The minimum Gasteiger partial charge on any atom is -0.492 e. The van der Waals surface area contributed by atoms with Crippen LogP contribution in [0.15, 0.2) is 78.9 Å². The third-order valence-electron chi connectivity index (χ3n) is 5.20. The highest BCUT2D eigenvalue weighted by atomic mass is 16.6. The molecule has 8 nitrogen and oxygen atoms in total. The molecule has 0 aliphatic rings. The summed E-state index contributed by atoms with van der Waals surface area (Å²) < 4.78 is 27.4. The lowest BCUT2D eigenvalue weighted by molar-refractivity contribution is -0.145. The van der Waals surface area contributed by atoms with Gasteiger partial charge in [-0.25, -0.2) is 4.79 Å². The SMILES string of the molecule is CCOC(=O)COc1ccc(OCC(C)NCC(O)COc2ccc(OCc3ccccc3)cc2)cc1. The maximum atomic E-state index is 11.3. The van der Waals surface area contributed by atoms with Crippen LogP contribution in [0.5, 0.6) is 23.0 Å². The van der Waals surface area contributed by atoms with Crippen LogP contribution in [0.4, 0.5) is 0 Å². The van der Waals surface area contributed by atoms with Crippen LogP contribution in [0.2, 0.25) is 0 Å². The number of nitrogens with one attached hydrogen (secondary N) is 1. The maximum Gasteiger partial charge on any atom is 0.344 e. The molecular weight excluding hydrogens is 474 g/mol. The van der Waals surface area contributed by atoms with E-state index in [1.165, 1.54) is 0 Å². The molecule has 3 aromatic carbocycles. The van der Waals surface area contributed by atoms with Gasteiger partial charge in [0, 0.05) is 12.6 Å². The molecule has 0 bridgehead atoms. The number of benzene rings is 3. The van der Waals surface area contributed by atoms with E-state index in [0.29, 0.717) is 43.6 Å². The van der Waals surface area contributed by atoms with Crippen LogP contribution in [0.3, 0.4) is 0 Å². The summed E-state index contributed by atoms with van der Waals surface area (Å²) in [7, 11) is 0. The van der Waals surface area contributed by atoms with Gasteiger partial charge in [0.05, 0.1) is 6.61 Å². The number of aliphatic hydroxyl groups is 1. The van der Waals surface area contributed by atoms with Crippen molar-refractivity contribution in [2.45, 2.75) is 32.6 Å². The second-order valence-corrected chi connectivity index (χ2v) is 8.40. The van der Waals surface area contributed by atoms with E-state index in [0.717, 1.165) is 11.3 Å². The van der Waals surface area contributed by atoms with Gasteiger partial charge >= 0.3 is 5.97 Å². The van der Waals surface area contributed by atoms with Gasteiger partial charge in [-0.3, -0.25) is 0 Å². The molecule has 3 aromatic rings. The molecule has 0 amide bonds. The average Bonchev–Trinajstić information content (AvgIpc) is 2.93. The number of carbonyl (C=O) groups is 1. The van der Waals surface area contributed by atoms with Crippen LogP contribution >= 0.6 is 0 Å². The molecular formula is C29H35NO7. The standard InChI is InChI=1S/C29H35NO7/c1-3-33-29(32)21-37-28-15-9-25(10-16-28)34-18-22(2)30-17-24(31)20-36-27-13-11-26(12-14-27)35-19-23-7-5-4-6-8-23/h4-16,22,24,30-31H,3,17-21H2,1-2H3. The minimum atomic E-state index is -0.674.